The first-order valence-corrected chi connectivity index (χ1v) is 6.03. The molecule has 1 aromatic heterocycles. The highest BCUT2D eigenvalue weighted by molar-refractivity contribution is 7.99. The van der Waals surface area contributed by atoms with Crippen molar-refractivity contribution in [3.8, 4) is 0 Å². The first-order valence-electron chi connectivity index (χ1n) is 4.98. The molecule has 0 aliphatic heterocycles. The van der Waals surface area contributed by atoms with Gasteiger partial charge in [-0.2, -0.15) is 11.8 Å². The highest BCUT2D eigenvalue weighted by Gasteiger charge is 2.14. The van der Waals surface area contributed by atoms with Crippen LogP contribution in [0.3, 0.4) is 0 Å². The van der Waals surface area contributed by atoms with E-state index in [1.807, 2.05) is 6.92 Å². The highest BCUT2D eigenvalue weighted by Crippen LogP contribution is 2.22. The van der Waals surface area contributed by atoms with Crippen molar-refractivity contribution in [1.29, 1.82) is 0 Å². The monoisotopic (exact) mass is 244 g/mol. The van der Waals surface area contributed by atoms with Crippen LogP contribution in [0.5, 0.6) is 0 Å². The van der Waals surface area contributed by atoms with Crippen molar-refractivity contribution in [2.45, 2.75) is 24.3 Å². The predicted octanol–water partition coefficient (Wildman–Crippen LogP) is 0.887. The topological polar surface area (TPSA) is 88.5 Å². The Morgan fingerprint density at radius 1 is 1.75 bits per heavy atom. The number of carbonyl (C=O) groups excluding carboxylic acids is 1. The molecule has 1 unspecified atom stereocenters. The zero-order valence-electron chi connectivity index (χ0n) is 9.10. The van der Waals surface area contributed by atoms with Crippen LogP contribution in [-0.2, 0) is 5.75 Å². The van der Waals surface area contributed by atoms with Gasteiger partial charge in [-0.25, -0.2) is 5.84 Å². The van der Waals surface area contributed by atoms with Crippen molar-refractivity contribution in [2.24, 2.45) is 5.84 Å². The first kappa shape index (κ1) is 13.1. The van der Waals surface area contributed by atoms with E-state index >= 15 is 0 Å². The summed E-state index contributed by atoms with van der Waals surface area (Å²) in [6.45, 7) is 2.19. The first-order chi connectivity index (χ1) is 7.69. The summed E-state index contributed by atoms with van der Waals surface area (Å²) in [6.07, 6.45) is 2.20. The van der Waals surface area contributed by atoms with E-state index in [-0.39, 0.29) is 12.5 Å². The number of hydrogen-bond donors (Lipinski definition) is 3. The normalized spacial score (nSPS) is 12.4. The lowest BCUT2D eigenvalue weighted by Crippen LogP contribution is -2.30. The van der Waals surface area contributed by atoms with Crippen molar-refractivity contribution >= 4 is 17.7 Å². The van der Waals surface area contributed by atoms with E-state index in [1.54, 1.807) is 17.8 Å². The molecular formula is C10H16N2O3S. The maximum absolute atomic E-state index is 11.3. The van der Waals surface area contributed by atoms with Gasteiger partial charge in [-0.15, -0.1) is 0 Å². The Kier molecular flexibility index (Phi) is 5.37. The molecule has 1 rings (SSSR count). The molecule has 6 heteroatoms. The minimum atomic E-state index is -0.348. The molecule has 0 saturated heterocycles. The van der Waals surface area contributed by atoms with Crippen molar-refractivity contribution < 1.29 is 14.3 Å². The van der Waals surface area contributed by atoms with Crippen LogP contribution >= 0.6 is 11.8 Å². The van der Waals surface area contributed by atoms with Crippen molar-refractivity contribution in [3.05, 3.63) is 23.7 Å². The van der Waals surface area contributed by atoms with Gasteiger partial charge in [0, 0.05) is 11.9 Å². The molecule has 0 spiro atoms. The number of carbonyl (C=O) groups is 1. The lowest BCUT2D eigenvalue weighted by Gasteiger charge is -2.08. The number of aliphatic hydroxyl groups excluding tert-OH is 1. The number of rotatable bonds is 6. The van der Waals surface area contributed by atoms with Crippen molar-refractivity contribution in [1.82, 2.24) is 5.43 Å². The standard InChI is InChI=1S/C10H16N2O3S/c1-7(2-4-13)16-6-9-8(3-5-15-9)10(14)12-11/h3,5,7,13H,2,4,6,11H2,1H3,(H,12,14). The van der Waals surface area contributed by atoms with Gasteiger partial charge in [-0.1, -0.05) is 6.92 Å². The van der Waals surface area contributed by atoms with Gasteiger partial charge in [-0.05, 0) is 12.5 Å². The number of aliphatic hydroxyl groups is 1. The molecule has 0 aliphatic carbocycles. The van der Waals surface area contributed by atoms with Gasteiger partial charge in [0.15, 0.2) is 0 Å². The second-order valence-electron chi connectivity index (χ2n) is 3.36. The van der Waals surface area contributed by atoms with Gasteiger partial charge < -0.3 is 9.52 Å². The summed E-state index contributed by atoms with van der Waals surface area (Å²) < 4.78 is 5.22. The van der Waals surface area contributed by atoms with E-state index < -0.39 is 0 Å². The minimum Gasteiger partial charge on any atom is -0.468 e. The van der Waals surface area contributed by atoms with Crippen LogP contribution < -0.4 is 11.3 Å². The van der Waals surface area contributed by atoms with E-state index in [1.165, 1.54) is 6.26 Å². The molecule has 16 heavy (non-hydrogen) atoms. The molecule has 5 nitrogen and oxygen atoms in total. The fourth-order valence-electron chi connectivity index (χ4n) is 1.22. The highest BCUT2D eigenvalue weighted by atomic mass is 32.2. The molecule has 90 valence electrons. The van der Waals surface area contributed by atoms with Crippen molar-refractivity contribution in [3.63, 3.8) is 0 Å². The summed E-state index contributed by atoms with van der Waals surface area (Å²) in [6, 6.07) is 1.59. The summed E-state index contributed by atoms with van der Waals surface area (Å²) in [4.78, 5) is 11.3. The summed E-state index contributed by atoms with van der Waals surface area (Å²) in [5, 5.41) is 9.08. The van der Waals surface area contributed by atoms with Crippen LogP contribution in [0.1, 0.15) is 29.5 Å². The Morgan fingerprint density at radius 2 is 2.50 bits per heavy atom. The maximum Gasteiger partial charge on any atom is 0.268 e. The second kappa shape index (κ2) is 6.57. The third-order valence-corrected chi connectivity index (χ3v) is 3.39. The van der Waals surface area contributed by atoms with E-state index in [0.29, 0.717) is 22.3 Å². The lowest BCUT2D eigenvalue weighted by molar-refractivity contribution is 0.0952. The average molecular weight is 244 g/mol. The van der Waals surface area contributed by atoms with E-state index in [9.17, 15) is 4.79 Å². The number of thioether (sulfide) groups is 1. The van der Waals surface area contributed by atoms with Crippen LogP contribution in [0.2, 0.25) is 0 Å². The summed E-state index contributed by atoms with van der Waals surface area (Å²) in [5.41, 5.74) is 2.54. The molecule has 0 bridgehead atoms. The lowest BCUT2D eigenvalue weighted by atomic mass is 10.2. The van der Waals surface area contributed by atoms with Crippen LogP contribution in [0, 0.1) is 0 Å². The van der Waals surface area contributed by atoms with Crippen LogP contribution in [0.4, 0.5) is 0 Å². The van der Waals surface area contributed by atoms with Gasteiger partial charge >= 0.3 is 0 Å². The van der Waals surface area contributed by atoms with Gasteiger partial charge in [0.05, 0.1) is 17.6 Å². The zero-order valence-corrected chi connectivity index (χ0v) is 9.92. The molecule has 1 atom stereocenters. The third kappa shape index (κ3) is 3.55. The van der Waals surface area contributed by atoms with Crippen LogP contribution in [0.25, 0.3) is 0 Å². The molecule has 0 aliphatic rings. The predicted molar refractivity (Wildman–Crippen MR) is 62.8 cm³/mol. The number of nitrogens with one attached hydrogen (secondary N) is 1. The molecule has 0 saturated carbocycles. The second-order valence-corrected chi connectivity index (χ2v) is 4.79. The molecule has 0 aromatic carbocycles. The van der Waals surface area contributed by atoms with Gasteiger partial charge in [-0.3, -0.25) is 10.2 Å². The largest absolute Gasteiger partial charge is 0.468 e. The molecular weight excluding hydrogens is 228 g/mol. The summed E-state index contributed by atoms with van der Waals surface area (Å²) in [7, 11) is 0. The SMILES string of the molecule is CC(CCO)SCc1occc1C(=O)NN. The Hall–Kier alpha value is -0.980. The zero-order chi connectivity index (χ0) is 12.0. The Balaban J connectivity index is 2.54. The number of amides is 1. The Morgan fingerprint density at radius 3 is 3.12 bits per heavy atom. The molecule has 0 radical (unpaired) electrons. The number of nitrogens with two attached hydrogens (primary N) is 1. The quantitative estimate of drug-likeness (QED) is 0.393. The smallest absolute Gasteiger partial charge is 0.268 e. The van der Waals surface area contributed by atoms with E-state index in [0.717, 1.165) is 6.42 Å². The molecule has 1 aromatic rings. The van der Waals surface area contributed by atoms with Crippen molar-refractivity contribution in [2.75, 3.05) is 6.61 Å². The number of hydrazine groups is 1. The van der Waals surface area contributed by atoms with E-state index in [2.05, 4.69) is 5.43 Å². The fraction of sp³-hybridized carbons (Fsp3) is 0.500. The maximum atomic E-state index is 11.3. The number of nitrogen functional groups attached to an aromatic ring is 1. The van der Waals surface area contributed by atoms with E-state index in [4.69, 9.17) is 15.4 Å². The summed E-state index contributed by atoms with van der Waals surface area (Å²) >= 11 is 1.63. The third-order valence-electron chi connectivity index (χ3n) is 2.16. The minimum absolute atomic E-state index is 0.169. The average Bonchev–Trinajstić information content (AvgIpc) is 2.74. The molecule has 1 amide bonds. The Bertz CT molecular complexity index is 341. The van der Waals surface area contributed by atoms with Gasteiger partial charge in [0.25, 0.3) is 5.91 Å². The van der Waals surface area contributed by atoms with Gasteiger partial charge in [0.2, 0.25) is 0 Å². The van der Waals surface area contributed by atoms with Crippen LogP contribution in [-0.4, -0.2) is 22.9 Å². The van der Waals surface area contributed by atoms with Gasteiger partial charge in [0.1, 0.15) is 5.76 Å². The summed E-state index contributed by atoms with van der Waals surface area (Å²) in [5.74, 6) is 5.91. The molecule has 0 fully saturated rings. The Labute approximate surface area is 98.4 Å². The molecule has 4 N–H and O–H groups in total. The van der Waals surface area contributed by atoms with Crippen LogP contribution in [0.15, 0.2) is 16.7 Å². The fourth-order valence-corrected chi connectivity index (χ4v) is 2.15. The number of hydrogen-bond acceptors (Lipinski definition) is 5. The number of furan rings is 1. The molecule has 1 heterocycles.